The monoisotopic (exact) mass is 392 g/mol. The lowest BCUT2D eigenvalue weighted by atomic mass is 10.1. The van der Waals surface area contributed by atoms with Crippen LogP contribution < -0.4 is 4.74 Å². The van der Waals surface area contributed by atoms with Crippen molar-refractivity contribution in [1.29, 1.82) is 0 Å². The van der Waals surface area contributed by atoms with Crippen molar-refractivity contribution in [2.45, 2.75) is 39.0 Å². The van der Waals surface area contributed by atoms with Gasteiger partial charge in [-0.2, -0.15) is 0 Å². The Kier molecular flexibility index (Phi) is 5.62. The average molecular weight is 392 g/mol. The highest BCUT2D eigenvalue weighted by molar-refractivity contribution is 5.73. The van der Waals surface area contributed by atoms with E-state index in [1.165, 1.54) is 5.56 Å². The lowest BCUT2D eigenvalue weighted by Crippen LogP contribution is -2.35. The molecule has 1 atom stereocenters. The van der Waals surface area contributed by atoms with Crippen molar-refractivity contribution in [2.75, 3.05) is 6.54 Å². The fourth-order valence-electron chi connectivity index (χ4n) is 3.62. The Labute approximate surface area is 169 Å². The van der Waals surface area contributed by atoms with Crippen LogP contribution >= 0.6 is 0 Å². The Bertz CT molecular complexity index is 981. The number of likely N-dealkylation sites (tertiary alicyclic amines) is 1. The van der Waals surface area contributed by atoms with Crippen LogP contribution in [0.25, 0.3) is 11.5 Å². The standard InChI is InChI=1S/C23H24N2O4/c1-16-7-9-18(10-8-16)22-24-19(15-29-22)14-28-20-5-2-4-17(12-20)13-25-11-3-6-21(25)23(26)27/h2,4-5,7-10,12,15,21H,3,6,11,13-14H2,1H3,(H,26,27)/t21-/m1/s1. The fourth-order valence-corrected chi connectivity index (χ4v) is 3.62. The molecule has 2 heterocycles. The maximum atomic E-state index is 11.4. The number of nitrogens with zero attached hydrogens (tertiary/aromatic N) is 2. The van der Waals surface area contributed by atoms with Gasteiger partial charge in [-0.15, -0.1) is 0 Å². The van der Waals surface area contributed by atoms with Gasteiger partial charge in [-0.05, 0) is 56.1 Å². The van der Waals surface area contributed by atoms with Gasteiger partial charge in [0.15, 0.2) is 0 Å². The summed E-state index contributed by atoms with van der Waals surface area (Å²) in [6.45, 7) is 3.76. The number of benzene rings is 2. The van der Waals surface area contributed by atoms with Crippen LogP contribution in [0.3, 0.4) is 0 Å². The largest absolute Gasteiger partial charge is 0.487 e. The molecule has 0 bridgehead atoms. The molecule has 4 rings (SSSR count). The van der Waals surface area contributed by atoms with Crippen LogP contribution in [-0.2, 0) is 17.9 Å². The summed E-state index contributed by atoms with van der Waals surface area (Å²) in [4.78, 5) is 17.9. The minimum absolute atomic E-state index is 0.306. The highest BCUT2D eigenvalue weighted by Crippen LogP contribution is 2.23. The summed E-state index contributed by atoms with van der Waals surface area (Å²) in [5, 5.41) is 9.34. The van der Waals surface area contributed by atoms with Crippen LogP contribution in [0, 0.1) is 6.92 Å². The van der Waals surface area contributed by atoms with E-state index in [0.29, 0.717) is 25.5 Å². The molecule has 2 aromatic carbocycles. The van der Waals surface area contributed by atoms with E-state index >= 15 is 0 Å². The molecule has 1 aromatic heterocycles. The summed E-state index contributed by atoms with van der Waals surface area (Å²) in [6.07, 6.45) is 3.24. The number of ether oxygens (including phenoxy) is 1. The van der Waals surface area contributed by atoms with E-state index in [9.17, 15) is 9.90 Å². The summed E-state index contributed by atoms with van der Waals surface area (Å²) in [6, 6.07) is 15.4. The van der Waals surface area contributed by atoms with Gasteiger partial charge in [-0.3, -0.25) is 9.69 Å². The molecule has 0 amide bonds. The van der Waals surface area contributed by atoms with Gasteiger partial charge in [0.05, 0.1) is 0 Å². The Morgan fingerprint density at radius 2 is 2.10 bits per heavy atom. The van der Waals surface area contributed by atoms with E-state index in [2.05, 4.69) is 4.98 Å². The molecule has 0 unspecified atom stereocenters. The third-order valence-electron chi connectivity index (χ3n) is 5.17. The zero-order chi connectivity index (χ0) is 20.2. The van der Waals surface area contributed by atoms with Crippen molar-refractivity contribution in [3.63, 3.8) is 0 Å². The highest BCUT2D eigenvalue weighted by atomic mass is 16.5. The summed E-state index contributed by atoms with van der Waals surface area (Å²) >= 11 is 0. The van der Waals surface area contributed by atoms with Crippen molar-refractivity contribution in [2.24, 2.45) is 0 Å². The van der Waals surface area contributed by atoms with Gasteiger partial charge in [0.2, 0.25) is 5.89 Å². The molecule has 0 saturated carbocycles. The van der Waals surface area contributed by atoms with Gasteiger partial charge in [0.1, 0.15) is 30.4 Å². The number of aromatic nitrogens is 1. The first-order valence-corrected chi connectivity index (χ1v) is 9.78. The van der Waals surface area contributed by atoms with Crippen molar-refractivity contribution >= 4 is 5.97 Å². The molecule has 3 aromatic rings. The van der Waals surface area contributed by atoms with E-state index in [-0.39, 0.29) is 0 Å². The number of aryl methyl sites for hydroxylation is 1. The molecule has 1 N–H and O–H groups in total. The van der Waals surface area contributed by atoms with Gasteiger partial charge < -0.3 is 14.3 Å². The van der Waals surface area contributed by atoms with Crippen molar-refractivity contribution < 1.29 is 19.1 Å². The highest BCUT2D eigenvalue weighted by Gasteiger charge is 2.30. The minimum Gasteiger partial charge on any atom is -0.487 e. The molecule has 150 valence electrons. The van der Waals surface area contributed by atoms with E-state index in [1.807, 2.05) is 60.4 Å². The summed E-state index contributed by atoms with van der Waals surface area (Å²) < 4.78 is 11.5. The number of carboxylic acids is 1. The van der Waals surface area contributed by atoms with Gasteiger partial charge >= 0.3 is 5.97 Å². The Morgan fingerprint density at radius 1 is 1.28 bits per heavy atom. The van der Waals surface area contributed by atoms with Crippen molar-refractivity contribution in [1.82, 2.24) is 9.88 Å². The Hall–Kier alpha value is -3.12. The molecule has 1 aliphatic rings. The zero-order valence-corrected chi connectivity index (χ0v) is 16.4. The predicted molar refractivity (Wildman–Crippen MR) is 109 cm³/mol. The van der Waals surface area contributed by atoms with E-state index in [1.54, 1.807) is 6.26 Å². The molecule has 0 radical (unpaired) electrons. The molecular formula is C23H24N2O4. The lowest BCUT2D eigenvalue weighted by molar-refractivity contribution is -0.142. The molecule has 0 aliphatic carbocycles. The normalized spacial score (nSPS) is 16.8. The van der Waals surface area contributed by atoms with Crippen LogP contribution in [0.5, 0.6) is 5.75 Å². The van der Waals surface area contributed by atoms with Gasteiger partial charge in [-0.1, -0.05) is 29.8 Å². The van der Waals surface area contributed by atoms with E-state index in [4.69, 9.17) is 9.15 Å². The smallest absolute Gasteiger partial charge is 0.320 e. The third kappa shape index (κ3) is 4.66. The first-order chi connectivity index (χ1) is 14.1. The van der Waals surface area contributed by atoms with E-state index < -0.39 is 12.0 Å². The van der Waals surface area contributed by atoms with Crippen LogP contribution in [0.2, 0.25) is 0 Å². The molecule has 1 saturated heterocycles. The molecule has 6 heteroatoms. The third-order valence-corrected chi connectivity index (χ3v) is 5.17. The van der Waals surface area contributed by atoms with Crippen LogP contribution in [0.15, 0.2) is 59.2 Å². The molecule has 29 heavy (non-hydrogen) atoms. The number of hydrogen-bond donors (Lipinski definition) is 1. The summed E-state index contributed by atoms with van der Waals surface area (Å²) in [5.74, 6) is 0.560. The number of hydrogen-bond acceptors (Lipinski definition) is 5. The second kappa shape index (κ2) is 8.49. The number of rotatable bonds is 7. The predicted octanol–water partition coefficient (Wildman–Crippen LogP) is 4.28. The number of aliphatic carboxylic acids is 1. The summed E-state index contributed by atoms with van der Waals surface area (Å²) in [7, 11) is 0. The molecule has 1 aliphatic heterocycles. The first-order valence-electron chi connectivity index (χ1n) is 9.78. The van der Waals surface area contributed by atoms with Crippen LogP contribution in [0.4, 0.5) is 0 Å². The Balaban J connectivity index is 1.37. The Morgan fingerprint density at radius 3 is 2.90 bits per heavy atom. The van der Waals surface area contributed by atoms with Crippen molar-refractivity contribution in [3.05, 3.63) is 71.6 Å². The first kappa shape index (κ1) is 19.2. The minimum atomic E-state index is -0.745. The molecule has 6 nitrogen and oxygen atoms in total. The maximum absolute atomic E-state index is 11.4. The van der Waals surface area contributed by atoms with Crippen LogP contribution in [0.1, 0.15) is 29.7 Å². The summed E-state index contributed by atoms with van der Waals surface area (Å²) in [5.41, 5.74) is 3.88. The van der Waals surface area contributed by atoms with Gasteiger partial charge in [-0.25, -0.2) is 4.98 Å². The van der Waals surface area contributed by atoms with Gasteiger partial charge in [0, 0.05) is 12.1 Å². The second-order valence-corrected chi connectivity index (χ2v) is 7.41. The van der Waals surface area contributed by atoms with Crippen molar-refractivity contribution in [3.8, 4) is 17.2 Å². The number of carbonyl (C=O) groups is 1. The lowest BCUT2D eigenvalue weighted by Gasteiger charge is -2.21. The maximum Gasteiger partial charge on any atom is 0.320 e. The number of oxazole rings is 1. The topological polar surface area (TPSA) is 75.8 Å². The van der Waals surface area contributed by atoms with E-state index in [0.717, 1.165) is 35.5 Å². The number of carboxylic acid groups (broad SMARTS) is 1. The molecule has 1 fully saturated rings. The zero-order valence-electron chi connectivity index (χ0n) is 16.4. The fraction of sp³-hybridized carbons (Fsp3) is 0.304. The quantitative estimate of drug-likeness (QED) is 0.647. The van der Waals surface area contributed by atoms with Crippen LogP contribution in [-0.4, -0.2) is 33.5 Å². The average Bonchev–Trinajstić information content (AvgIpc) is 3.37. The second-order valence-electron chi connectivity index (χ2n) is 7.41. The molecule has 0 spiro atoms. The SMILES string of the molecule is Cc1ccc(-c2nc(COc3cccc(CN4CCC[C@@H]4C(=O)O)c3)co2)cc1. The van der Waals surface area contributed by atoms with Gasteiger partial charge in [0.25, 0.3) is 0 Å². The molecular weight excluding hydrogens is 368 g/mol.